The molecule has 1 N–H and O–H groups in total. The Morgan fingerprint density at radius 2 is 1.79 bits per heavy atom. The van der Waals surface area contributed by atoms with Crippen LogP contribution in [0.3, 0.4) is 0 Å². The van der Waals surface area contributed by atoms with Crippen LogP contribution in [0.4, 0.5) is 0 Å². The van der Waals surface area contributed by atoms with Crippen LogP contribution in [0.15, 0.2) is 30.3 Å². The predicted molar refractivity (Wildman–Crippen MR) is 80.3 cm³/mol. The molecule has 0 amide bonds. The fourth-order valence-corrected chi connectivity index (χ4v) is 2.80. The van der Waals surface area contributed by atoms with E-state index in [0.29, 0.717) is 6.10 Å². The van der Waals surface area contributed by atoms with E-state index in [0.717, 1.165) is 13.1 Å². The highest BCUT2D eigenvalue weighted by atomic mass is 16.5. The van der Waals surface area contributed by atoms with E-state index in [1.54, 1.807) is 0 Å². The molecule has 1 fully saturated rings. The third-order valence-electron chi connectivity index (χ3n) is 3.91. The largest absolute Gasteiger partial charge is 0.369 e. The first-order chi connectivity index (χ1) is 9.40. The summed E-state index contributed by atoms with van der Waals surface area (Å²) in [5, 5.41) is 3.43. The minimum Gasteiger partial charge on any atom is -0.369 e. The number of likely N-dealkylation sites (N-methyl/N-ethyl adjacent to an activating group) is 1. The van der Waals surface area contributed by atoms with Crippen molar-refractivity contribution in [2.45, 2.75) is 57.7 Å². The van der Waals surface area contributed by atoms with Crippen molar-refractivity contribution in [1.29, 1.82) is 0 Å². The molecule has 0 aliphatic heterocycles. The Labute approximate surface area is 117 Å². The summed E-state index contributed by atoms with van der Waals surface area (Å²) in [7, 11) is 0. The number of ether oxygens (including phenoxy) is 1. The van der Waals surface area contributed by atoms with Crippen LogP contribution in [0.5, 0.6) is 0 Å². The molecule has 1 unspecified atom stereocenters. The van der Waals surface area contributed by atoms with Crippen molar-refractivity contribution in [3.8, 4) is 0 Å². The highest BCUT2D eigenvalue weighted by molar-refractivity contribution is 5.18. The highest BCUT2D eigenvalue weighted by Crippen LogP contribution is 2.26. The molecule has 0 saturated heterocycles. The van der Waals surface area contributed by atoms with Gasteiger partial charge in [-0.1, -0.05) is 62.9 Å². The number of hydrogen-bond donors (Lipinski definition) is 1. The van der Waals surface area contributed by atoms with Gasteiger partial charge in [-0.15, -0.1) is 0 Å². The predicted octanol–water partition coefficient (Wildman–Crippen LogP) is 4.08. The number of nitrogens with one attached hydrogen (secondary N) is 1. The van der Waals surface area contributed by atoms with Gasteiger partial charge in [0.2, 0.25) is 0 Å². The van der Waals surface area contributed by atoms with Crippen LogP contribution in [-0.4, -0.2) is 19.2 Å². The first-order valence-corrected chi connectivity index (χ1v) is 7.81. The third kappa shape index (κ3) is 4.96. The molecule has 2 nitrogen and oxygen atoms in total. The van der Waals surface area contributed by atoms with Gasteiger partial charge >= 0.3 is 0 Å². The molecular formula is C17H27NO. The fourth-order valence-electron chi connectivity index (χ4n) is 2.80. The van der Waals surface area contributed by atoms with Gasteiger partial charge in [-0.05, 0) is 24.9 Å². The molecule has 1 aromatic carbocycles. The summed E-state index contributed by atoms with van der Waals surface area (Å²) in [5.41, 5.74) is 1.30. The van der Waals surface area contributed by atoms with Gasteiger partial charge in [-0.25, -0.2) is 0 Å². The normalized spacial score (nSPS) is 19.0. The van der Waals surface area contributed by atoms with Crippen molar-refractivity contribution in [2.24, 2.45) is 0 Å². The summed E-state index contributed by atoms with van der Waals surface area (Å²) >= 11 is 0. The summed E-state index contributed by atoms with van der Waals surface area (Å²) in [5.74, 6) is 0. The summed E-state index contributed by atoms with van der Waals surface area (Å²) in [4.78, 5) is 0. The minimum atomic E-state index is 0.198. The first kappa shape index (κ1) is 14.5. The van der Waals surface area contributed by atoms with E-state index in [1.807, 2.05) is 0 Å². The standard InChI is InChI=1S/C17H27NO/c1-2-18-14-17(15-10-6-5-7-11-15)19-16-12-8-3-4-9-13-16/h5-7,10-11,16-18H,2-4,8-9,12-14H2,1H3. The topological polar surface area (TPSA) is 21.3 Å². The lowest BCUT2D eigenvalue weighted by atomic mass is 10.1. The van der Waals surface area contributed by atoms with Gasteiger partial charge in [0, 0.05) is 6.54 Å². The molecule has 1 aromatic rings. The molecule has 0 bridgehead atoms. The molecule has 1 atom stereocenters. The van der Waals surface area contributed by atoms with Gasteiger partial charge in [0.25, 0.3) is 0 Å². The molecule has 2 rings (SSSR count). The maximum absolute atomic E-state index is 6.40. The zero-order valence-electron chi connectivity index (χ0n) is 12.1. The molecule has 1 aliphatic rings. The number of benzene rings is 1. The average Bonchev–Trinajstić information content (AvgIpc) is 2.73. The van der Waals surface area contributed by atoms with Crippen LogP contribution >= 0.6 is 0 Å². The molecule has 0 spiro atoms. The summed E-state index contributed by atoms with van der Waals surface area (Å²) in [6.45, 7) is 4.06. The molecular weight excluding hydrogens is 234 g/mol. The fraction of sp³-hybridized carbons (Fsp3) is 0.647. The zero-order valence-corrected chi connectivity index (χ0v) is 12.1. The lowest BCUT2D eigenvalue weighted by Crippen LogP contribution is -2.26. The van der Waals surface area contributed by atoms with Gasteiger partial charge in [0.05, 0.1) is 12.2 Å². The lowest BCUT2D eigenvalue weighted by Gasteiger charge is -2.25. The van der Waals surface area contributed by atoms with Gasteiger partial charge < -0.3 is 10.1 Å². The Hall–Kier alpha value is -0.860. The zero-order chi connectivity index (χ0) is 13.3. The molecule has 106 valence electrons. The second-order valence-corrected chi connectivity index (χ2v) is 5.46. The quantitative estimate of drug-likeness (QED) is 0.779. The first-order valence-electron chi connectivity index (χ1n) is 7.81. The van der Waals surface area contributed by atoms with Gasteiger partial charge in [-0.3, -0.25) is 0 Å². The average molecular weight is 261 g/mol. The van der Waals surface area contributed by atoms with Gasteiger partial charge in [-0.2, -0.15) is 0 Å². The van der Waals surface area contributed by atoms with E-state index < -0.39 is 0 Å². The van der Waals surface area contributed by atoms with Crippen molar-refractivity contribution in [1.82, 2.24) is 5.32 Å². The van der Waals surface area contributed by atoms with E-state index in [1.165, 1.54) is 44.1 Å². The van der Waals surface area contributed by atoms with Crippen molar-refractivity contribution >= 4 is 0 Å². The SMILES string of the molecule is CCNCC(OC1CCCCCC1)c1ccccc1. The Morgan fingerprint density at radius 3 is 2.42 bits per heavy atom. The smallest absolute Gasteiger partial charge is 0.0952 e. The molecule has 1 saturated carbocycles. The van der Waals surface area contributed by atoms with Gasteiger partial charge in [0.15, 0.2) is 0 Å². The Kier molecular flexibility index (Phi) is 6.38. The maximum atomic E-state index is 6.40. The maximum Gasteiger partial charge on any atom is 0.0952 e. The van der Waals surface area contributed by atoms with E-state index in [-0.39, 0.29) is 6.10 Å². The van der Waals surface area contributed by atoms with Crippen molar-refractivity contribution < 1.29 is 4.74 Å². The van der Waals surface area contributed by atoms with E-state index in [2.05, 4.69) is 42.6 Å². The van der Waals surface area contributed by atoms with Crippen LogP contribution in [0.25, 0.3) is 0 Å². The van der Waals surface area contributed by atoms with Crippen LogP contribution in [0.1, 0.15) is 57.1 Å². The molecule has 0 aromatic heterocycles. The van der Waals surface area contributed by atoms with E-state index >= 15 is 0 Å². The minimum absolute atomic E-state index is 0.198. The Morgan fingerprint density at radius 1 is 1.11 bits per heavy atom. The summed E-state index contributed by atoms with van der Waals surface area (Å²) in [6.07, 6.45) is 8.52. The lowest BCUT2D eigenvalue weighted by molar-refractivity contribution is -0.0199. The molecule has 2 heteroatoms. The Bertz CT molecular complexity index is 330. The monoisotopic (exact) mass is 261 g/mol. The summed E-state index contributed by atoms with van der Waals surface area (Å²) < 4.78 is 6.40. The van der Waals surface area contributed by atoms with Gasteiger partial charge in [0.1, 0.15) is 0 Å². The number of rotatable bonds is 6. The molecule has 0 radical (unpaired) electrons. The molecule has 19 heavy (non-hydrogen) atoms. The van der Waals surface area contributed by atoms with Crippen molar-refractivity contribution in [2.75, 3.05) is 13.1 Å². The number of hydrogen-bond acceptors (Lipinski definition) is 2. The molecule has 0 heterocycles. The van der Waals surface area contributed by atoms with Crippen LogP contribution in [0, 0.1) is 0 Å². The van der Waals surface area contributed by atoms with E-state index in [9.17, 15) is 0 Å². The summed E-state index contributed by atoms with van der Waals surface area (Å²) in [6, 6.07) is 10.6. The second kappa shape index (κ2) is 8.34. The van der Waals surface area contributed by atoms with E-state index in [4.69, 9.17) is 4.74 Å². The van der Waals surface area contributed by atoms with Crippen LogP contribution in [-0.2, 0) is 4.74 Å². The second-order valence-electron chi connectivity index (χ2n) is 5.46. The molecule has 1 aliphatic carbocycles. The Balaban J connectivity index is 1.96. The van der Waals surface area contributed by atoms with Crippen molar-refractivity contribution in [3.63, 3.8) is 0 Å². The van der Waals surface area contributed by atoms with Crippen LogP contribution < -0.4 is 5.32 Å². The highest BCUT2D eigenvalue weighted by Gasteiger charge is 2.19. The van der Waals surface area contributed by atoms with Crippen molar-refractivity contribution in [3.05, 3.63) is 35.9 Å². The third-order valence-corrected chi connectivity index (χ3v) is 3.91. The van der Waals surface area contributed by atoms with Crippen LogP contribution in [0.2, 0.25) is 0 Å².